The summed E-state index contributed by atoms with van der Waals surface area (Å²) in [6.45, 7) is 0. The molecular formula is H3K3O8P2Pb3. The molecule has 0 N–H and O–H groups in total. The largest absolute Gasteiger partial charge is 2.00 e. The second-order valence-electron chi connectivity index (χ2n) is 0.894. The fourth-order valence-electron chi connectivity index (χ4n) is 0. The van der Waals surface area contributed by atoms with Gasteiger partial charge in [0.05, 0.1) is 0 Å². The van der Waals surface area contributed by atoms with Crippen LogP contribution < -0.4 is 184 Å². The van der Waals surface area contributed by atoms with Gasteiger partial charge in [0.1, 0.15) is 0 Å². The Labute approximate surface area is 285 Å². The topological polar surface area (TPSA) is 172 Å². The Morgan fingerprint density at radius 1 is 0.562 bits per heavy atom. The maximum atomic E-state index is 8.55. The Morgan fingerprint density at radius 3 is 0.562 bits per heavy atom. The fraction of sp³-hybridized carbons (Fsp3) is 0. The molecule has 0 aromatic heterocycles. The first-order chi connectivity index (χ1) is 4.00. The van der Waals surface area contributed by atoms with Gasteiger partial charge in [0, 0.05) is 0 Å². The van der Waals surface area contributed by atoms with Gasteiger partial charge < -0.3 is 42.8 Å². The van der Waals surface area contributed by atoms with E-state index in [-0.39, 0.29) is 240 Å². The van der Waals surface area contributed by atoms with E-state index in [2.05, 4.69) is 0 Å². The van der Waals surface area contributed by atoms with Gasteiger partial charge in [-0.05, 0) is 0 Å². The van der Waals surface area contributed by atoms with Gasteiger partial charge in [-0.2, -0.15) is 15.6 Å². The van der Waals surface area contributed by atoms with E-state index in [4.69, 9.17) is 38.5 Å². The molecule has 0 aliphatic heterocycles. The zero-order valence-corrected chi connectivity index (χ0v) is 31.5. The molecule has 0 saturated heterocycles. The Hall–Kier alpha value is 7.90. The monoisotopic (exact) mass is 934 g/mol. The summed E-state index contributed by atoms with van der Waals surface area (Å²) in [7, 11) is -10.8. The van der Waals surface area contributed by atoms with Crippen LogP contribution in [-0.4, -0.2) is 81.9 Å². The van der Waals surface area contributed by atoms with Gasteiger partial charge in [0.25, 0.3) is 0 Å². The Balaban J connectivity index is -0.00000000508. The summed E-state index contributed by atoms with van der Waals surface area (Å²) in [5.41, 5.74) is 0. The third-order valence-corrected chi connectivity index (χ3v) is 0. The molecule has 0 fully saturated rings. The minimum absolute atomic E-state index is 0. The minimum Gasteiger partial charge on any atom is -1.00 e. The molecule has 0 aliphatic carbocycles. The van der Waals surface area contributed by atoms with Gasteiger partial charge >= 0.3 is 236 Å². The van der Waals surface area contributed by atoms with Crippen LogP contribution in [0.2, 0.25) is 0 Å². The van der Waals surface area contributed by atoms with Crippen LogP contribution >= 0.6 is 15.6 Å². The molecule has 0 atom stereocenters. The SMILES string of the molecule is O=P([O-])([O-])[O-].O=P([O-])([O-])[O-].[H-].[H-].[H-].[K+].[K+].[K+].[Pb+2].[Pb+2].[Pb+2]. The van der Waals surface area contributed by atoms with Crippen LogP contribution in [0.15, 0.2) is 0 Å². The Bertz CT molecular complexity index is 153. The van der Waals surface area contributed by atoms with E-state index in [1.807, 2.05) is 0 Å². The number of hydrogen-bond acceptors (Lipinski definition) is 8. The van der Waals surface area contributed by atoms with Crippen molar-refractivity contribution >= 4 is 97.5 Å². The van der Waals surface area contributed by atoms with E-state index in [1.165, 1.54) is 0 Å². The van der Waals surface area contributed by atoms with Gasteiger partial charge in [-0.25, -0.2) is 0 Å². The van der Waals surface area contributed by atoms with E-state index in [9.17, 15) is 0 Å². The first kappa shape index (κ1) is 49.6. The van der Waals surface area contributed by atoms with Crippen molar-refractivity contribution in [3.63, 3.8) is 0 Å². The van der Waals surface area contributed by atoms with Crippen molar-refractivity contribution in [2.75, 3.05) is 0 Å². The third kappa shape index (κ3) is 153. The van der Waals surface area contributed by atoms with Crippen LogP contribution in [-0.2, 0) is 9.13 Å². The molecule has 0 unspecified atom stereocenters. The molecule has 16 heteroatoms. The molecule has 8 nitrogen and oxygen atoms in total. The second kappa shape index (κ2) is 27.7. The number of phosphoric acid groups is 2. The average Bonchev–Trinajstić information content (AvgIpc) is 1.12. The average molecular weight is 932 g/mol. The van der Waals surface area contributed by atoms with E-state index in [0.29, 0.717) is 0 Å². The smallest absolute Gasteiger partial charge is 1.00 e. The fourth-order valence-corrected chi connectivity index (χ4v) is 0. The standard InChI is InChI=1S/3K.2H3O4P.3Pb.3H/c;;;2*1-5(2,3)4;;;;;;/h;;;2*(H3,1,2,3,4);;;;;;/q3*+1;;;3*+2;3*-1/p-6. The molecule has 0 aromatic carbocycles. The second-order valence-corrected chi connectivity index (χ2v) is 2.68. The van der Waals surface area contributed by atoms with E-state index < -0.39 is 15.6 Å². The Kier molecular flexibility index (Phi) is 85.9. The summed E-state index contributed by atoms with van der Waals surface area (Å²) < 4.78 is 17.1. The number of hydrogen-bond donors (Lipinski definition) is 0. The summed E-state index contributed by atoms with van der Waals surface area (Å²) >= 11 is 0. The normalized spacial score (nSPS) is 7.38. The van der Waals surface area contributed by atoms with Gasteiger partial charge in [-0.1, -0.05) is 0 Å². The van der Waals surface area contributed by atoms with E-state index >= 15 is 0 Å². The first-order valence-electron chi connectivity index (χ1n) is 1.46. The predicted molar refractivity (Wildman–Crippen MR) is 35.8 cm³/mol. The molecular weight excluding hydrogens is 929 g/mol. The van der Waals surface area contributed by atoms with Crippen LogP contribution in [0.3, 0.4) is 0 Å². The van der Waals surface area contributed by atoms with Crippen LogP contribution in [0.5, 0.6) is 0 Å². The van der Waals surface area contributed by atoms with Crippen molar-refractivity contribution in [3.05, 3.63) is 0 Å². The Morgan fingerprint density at radius 2 is 0.562 bits per heavy atom. The summed E-state index contributed by atoms with van der Waals surface area (Å²) in [5.74, 6) is 0. The van der Waals surface area contributed by atoms with Crippen molar-refractivity contribution in [1.29, 1.82) is 0 Å². The first-order valence-corrected chi connectivity index (χ1v) is 4.38. The van der Waals surface area contributed by atoms with Gasteiger partial charge in [0.15, 0.2) is 0 Å². The van der Waals surface area contributed by atoms with Crippen molar-refractivity contribution in [3.8, 4) is 0 Å². The third-order valence-electron chi connectivity index (χ3n) is 0. The molecule has 0 amide bonds. The molecule has 0 saturated carbocycles. The molecule has 0 aliphatic rings. The zero-order chi connectivity index (χ0) is 9.00. The van der Waals surface area contributed by atoms with Gasteiger partial charge in [-0.15, -0.1) is 0 Å². The molecule has 76 valence electrons. The van der Waals surface area contributed by atoms with Crippen molar-refractivity contribution in [2.24, 2.45) is 0 Å². The summed E-state index contributed by atoms with van der Waals surface area (Å²) in [6.07, 6.45) is 0. The van der Waals surface area contributed by atoms with E-state index in [0.717, 1.165) is 0 Å². The summed E-state index contributed by atoms with van der Waals surface area (Å²) in [5, 5.41) is 0. The maximum Gasteiger partial charge on any atom is 2.00 e. The summed E-state index contributed by atoms with van der Waals surface area (Å²) in [6, 6.07) is 0. The number of rotatable bonds is 0. The van der Waals surface area contributed by atoms with Crippen molar-refractivity contribution in [1.82, 2.24) is 0 Å². The molecule has 0 bridgehead atoms. The molecule has 6 radical (unpaired) electrons. The van der Waals surface area contributed by atoms with Crippen molar-refractivity contribution in [2.45, 2.75) is 0 Å². The molecule has 0 heterocycles. The van der Waals surface area contributed by atoms with Crippen LogP contribution in [0, 0.1) is 0 Å². The maximum absolute atomic E-state index is 8.55. The van der Waals surface area contributed by atoms with Gasteiger partial charge in [-0.3, -0.25) is 0 Å². The molecule has 0 spiro atoms. The zero-order valence-electron chi connectivity index (χ0n) is 11.7. The molecule has 0 rings (SSSR count). The molecule has 16 heavy (non-hydrogen) atoms. The predicted octanol–water partition coefficient (Wildman–Crippen LogP) is -15.4. The summed E-state index contributed by atoms with van der Waals surface area (Å²) in [4.78, 5) is 51.3. The minimum atomic E-state index is -5.39. The molecule has 0 aromatic rings. The van der Waals surface area contributed by atoms with Crippen LogP contribution in [0.4, 0.5) is 0 Å². The quantitative estimate of drug-likeness (QED) is 0.170. The van der Waals surface area contributed by atoms with Gasteiger partial charge in [0.2, 0.25) is 0 Å². The van der Waals surface area contributed by atoms with Crippen LogP contribution in [0.25, 0.3) is 0 Å². The van der Waals surface area contributed by atoms with Crippen LogP contribution in [0.1, 0.15) is 4.28 Å². The van der Waals surface area contributed by atoms with E-state index in [1.54, 1.807) is 0 Å². The van der Waals surface area contributed by atoms with Crippen molar-refractivity contribution < 1.29 is 197 Å².